The molecule has 0 aromatic heterocycles. The van der Waals surface area contributed by atoms with Crippen LogP contribution in [0, 0.1) is 5.82 Å². The van der Waals surface area contributed by atoms with Crippen molar-refractivity contribution >= 4 is 17.5 Å². The lowest BCUT2D eigenvalue weighted by Gasteiger charge is -2.22. The molecule has 3 rings (SSSR count). The van der Waals surface area contributed by atoms with E-state index in [1.807, 2.05) is 6.92 Å². The highest BCUT2D eigenvalue weighted by Crippen LogP contribution is 2.26. The Morgan fingerprint density at radius 1 is 1.16 bits per heavy atom. The number of fused-ring (bicyclic) bond motifs is 1. The molecule has 1 aliphatic rings. The Labute approximate surface area is 153 Å². The average Bonchev–Trinajstić information content (AvgIpc) is 2.61. The number of halogens is 2. The molecule has 0 aliphatic heterocycles. The number of carbonyl (C=O) groups is 1. The topological polar surface area (TPSA) is 29.1 Å². The van der Waals surface area contributed by atoms with Crippen LogP contribution in [0.5, 0.6) is 0 Å². The molecule has 2 aromatic rings. The fraction of sp³-hybridized carbons (Fsp3) is 0.381. The second-order valence-electron chi connectivity index (χ2n) is 6.68. The van der Waals surface area contributed by atoms with Crippen LogP contribution < -0.4 is 5.32 Å². The van der Waals surface area contributed by atoms with Gasteiger partial charge in [0.05, 0.1) is 12.5 Å². The van der Waals surface area contributed by atoms with Crippen molar-refractivity contribution < 1.29 is 9.18 Å². The predicted octanol–water partition coefficient (Wildman–Crippen LogP) is 5.17. The summed E-state index contributed by atoms with van der Waals surface area (Å²) in [5.74, 6) is -0.615. The smallest absolute Gasteiger partial charge is 0.225 e. The molecule has 0 saturated carbocycles. The van der Waals surface area contributed by atoms with Gasteiger partial charge in [-0.2, -0.15) is 0 Å². The number of amides is 1. The van der Waals surface area contributed by atoms with E-state index < -0.39 is 5.82 Å². The van der Waals surface area contributed by atoms with Crippen molar-refractivity contribution in [2.24, 2.45) is 0 Å². The zero-order chi connectivity index (χ0) is 17.8. The second kappa shape index (κ2) is 8.01. The third-order valence-corrected chi connectivity index (χ3v) is 5.12. The Kier molecular flexibility index (Phi) is 5.74. The highest BCUT2D eigenvalue weighted by atomic mass is 35.5. The predicted molar refractivity (Wildman–Crippen MR) is 99.4 cm³/mol. The van der Waals surface area contributed by atoms with Crippen molar-refractivity contribution in [2.45, 2.75) is 51.5 Å². The van der Waals surface area contributed by atoms with E-state index >= 15 is 0 Å². The fourth-order valence-corrected chi connectivity index (χ4v) is 3.63. The highest BCUT2D eigenvalue weighted by Gasteiger charge is 2.17. The van der Waals surface area contributed by atoms with Crippen molar-refractivity contribution in [2.75, 3.05) is 0 Å². The van der Waals surface area contributed by atoms with Crippen LogP contribution in [0.1, 0.15) is 54.5 Å². The summed E-state index contributed by atoms with van der Waals surface area (Å²) in [6.45, 7) is 2.05. The summed E-state index contributed by atoms with van der Waals surface area (Å²) in [5, 5.41) is 3.38. The molecule has 1 unspecified atom stereocenters. The Morgan fingerprint density at radius 2 is 1.92 bits per heavy atom. The van der Waals surface area contributed by atoms with Gasteiger partial charge in [0.25, 0.3) is 0 Å². The molecule has 0 heterocycles. The van der Waals surface area contributed by atoms with Gasteiger partial charge in [0.2, 0.25) is 5.91 Å². The SMILES string of the molecule is CCC(NC(=O)Cc1ccc(Cl)cc1F)c1ccc2c(c1)CCCC2. The van der Waals surface area contributed by atoms with Crippen LogP contribution in [0.3, 0.4) is 0 Å². The molecule has 0 fully saturated rings. The standard InChI is InChI=1S/C21H23ClFNO/c1-2-20(17-8-7-14-5-3-4-6-15(14)11-17)24-21(25)12-16-9-10-18(22)13-19(16)23/h7-11,13,20H,2-6,12H2,1H3,(H,24,25). The molecule has 2 nitrogen and oxygen atoms in total. The Balaban J connectivity index is 1.70. The van der Waals surface area contributed by atoms with E-state index in [2.05, 4.69) is 23.5 Å². The van der Waals surface area contributed by atoms with Gasteiger partial charge in [-0.05, 0) is 66.5 Å². The fourth-order valence-electron chi connectivity index (χ4n) is 3.47. The lowest BCUT2D eigenvalue weighted by Crippen LogP contribution is -2.30. The number of rotatable bonds is 5. The minimum absolute atomic E-state index is 0.0183. The molecule has 0 saturated heterocycles. The monoisotopic (exact) mass is 359 g/mol. The zero-order valence-electron chi connectivity index (χ0n) is 14.4. The van der Waals surface area contributed by atoms with Gasteiger partial charge in [-0.15, -0.1) is 0 Å². The van der Waals surface area contributed by atoms with Gasteiger partial charge in [-0.25, -0.2) is 4.39 Å². The first-order valence-electron chi connectivity index (χ1n) is 8.92. The molecular weight excluding hydrogens is 337 g/mol. The number of nitrogens with one attached hydrogen (secondary N) is 1. The maximum atomic E-state index is 13.9. The van der Waals surface area contributed by atoms with Crippen LogP contribution in [-0.4, -0.2) is 5.91 Å². The number of benzene rings is 2. The van der Waals surface area contributed by atoms with Crippen LogP contribution in [0.15, 0.2) is 36.4 Å². The van der Waals surface area contributed by atoms with Crippen LogP contribution in [0.25, 0.3) is 0 Å². The third-order valence-electron chi connectivity index (χ3n) is 4.88. The van der Waals surface area contributed by atoms with Crippen LogP contribution in [0.4, 0.5) is 4.39 Å². The molecule has 1 atom stereocenters. The van der Waals surface area contributed by atoms with Gasteiger partial charge >= 0.3 is 0 Å². The molecule has 1 N–H and O–H groups in total. The Morgan fingerprint density at radius 3 is 2.64 bits per heavy atom. The van der Waals surface area contributed by atoms with E-state index in [1.165, 1.54) is 30.0 Å². The zero-order valence-corrected chi connectivity index (χ0v) is 15.2. The lowest BCUT2D eigenvalue weighted by molar-refractivity contribution is -0.121. The number of carbonyl (C=O) groups excluding carboxylic acids is 1. The van der Waals surface area contributed by atoms with E-state index in [9.17, 15) is 9.18 Å². The maximum Gasteiger partial charge on any atom is 0.225 e. The molecule has 0 bridgehead atoms. The number of aryl methyl sites for hydroxylation is 2. The van der Waals surface area contributed by atoms with Gasteiger partial charge in [0.15, 0.2) is 0 Å². The summed E-state index contributed by atoms with van der Waals surface area (Å²) in [6.07, 6.45) is 5.57. The quantitative estimate of drug-likeness (QED) is 0.784. The second-order valence-corrected chi connectivity index (χ2v) is 7.11. The summed E-state index contributed by atoms with van der Waals surface area (Å²) < 4.78 is 13.9. The van der Waals surface area contributed by atoms with Gasteiger partial charge in [-0.3, -0.25) is 4.79 Å². The minimum atomic E-state index is -0.440. The normalized spacial score (nSPS) is 14.7. The average molecular weight is 360 g/mol. The molecule has 1 amide bonds. The molecule has 0 spiro atoms. The first-order valence-corrected chi connectivity index (χ1v) is 9.29. The van der Waals surface area contributed by atoms with Crippen LogP contribution in [-0.2, 0) is 24.1 Å². The van der Waals surface area contributed by atoms with Crippen molar-refractivity contribution in [1.29, 1.82) is 0 Å². The number of hydrogen-bond acceptors (Lipinski definition) is 1. The van der Waals surface area contributed by atoms with E-state index in [-0.39, 0.29) is 18.4 Å². The molecule has 4 heteroatoms. The molecular formula is C21H23ClFNO. The Hall–Kier alpha value is -1.87. The van der Waals surface area contributed by atoms with Crippen molar-refractivity contribution in [3.8, 4) is 0 Å². The van der Waals surface area contributed by atoms with E-state index in [0.717, 1.165) is 24.8 Å². The summed E-state index contributed by atoms with van der Waals surface area (Å²) >= 11 is 5.76. The van der Waals surface area contributed by atoms with Crippen molar-refractivity contribution in [3.05, 3.63) is 69.5 Å². The summed E-state index contributed by atoms with van der Waals surface area (Å²) in [7, 11) is 0. The van der Waals surface area contributed by atoms with Gasteiger partial charge in [0, 0.05) is 5.02 Å². The van der Waals surface area contributed by atoms with Gasteiger partial charge in [-0.1, -0.05) is 42.8 Å². The van der Waals surface area contributed by atoms with Crippen molar-refractivity contribution in [3.63, 3.8) is 0 Å². The first kappa shape index (κ1) is 17.9. The molecule has 1 aliphatic carbocycles. The molecule has 0 radical (unpaired) electrons. The molecule has 2 aromatic carbocycles. The molecule has 132 valence electrons. The summed E-state index contributed by atoms with van der Waals surface area (Å²) in [4.78, 5) is 12.4. The summed E-state index contributed by atoms with van der Waals surface area (Å²) in [6, 6.07) is 10.9. The van der Waals surface area contributed by atoms with E-state index in [4.69, 9.17) is 11.6 Å². The lowest BCUT2D eigenvalue weighted by atomic mass is 9.88. The highest BCUT2D eigenvalue weighted by molar-refractivity contribution is 6.30. The van der Waals surface area contributed by atoms with E-state index in [1.54, 1.807) is 12.1 Å². The van der Waals surface area contributed by atoms with Gasteiger partial charge < -0.3 is 5.32 Å². The van der Waals surface area contributed by atoms with Crippen molar-refractivity contribution in [1.82, 2.24) is 5.32 Å². The molecule has 25 heavy (non-hydrogen) atoms. The van der Waals surface area contributed by atoms with Crippen LogP contribution >= 0.6 is 11.6 Å². The maximum absolute atomic E-state index is 13.9. The van der Waals surface area contributed by atoms with Gasteiger partial charge in [0.1, 0.15) is 5.82 Å². The third kappa shape index (κ3) is 4.40. The summed E-state index contributed by atoms with van der Waals surface area (Å²) in [5.41, 5.74) is 4.33. The minimum Gasteiger partial charge on any atom is -0.349 e. The van der Waals surface area contributed by atoms with Crippen LogP contribution in [0.2, 0.25) is 5.02 Å². The largest absolute Gasteiger partial charge is 0.349 e. The first-order chi connectivity index (χ1) is 12.1. The van der Waals surface area contributed by atoms with E-state index in [0.29, 0.717) is 10.6 Å². The number of hydrogen-bond donors (Lipinski definition) is 1. The Bertz CT molecular complexity index is 774.